The van der Waals surface area contributed by atoms with E-state index in [1.807, 2.05) is 37.3 Å². The summed E-state index contributed by atoms with van der Waals surface area (Å²) in [6, 6.07) is 16.5. The van der Waals surface area contributed by atoms with E-state index in [9.17, 15) is 10.1 Å². The molecule has 0 atom stereocenters. The van der Waals surface area contributed by atoms with E-state index < -0.39 is 5.91 Å². The average molecular weight is 330 g/mol. The number of carbonyl (C=O) groups excluding carboxylic acids is 1. The average Bonchev–Trinajstić information content (AvgIpc) is 2.65. The van der Waals surface area contributed by atoms with Gasteiger partial charge >= 0.3 is 0 Å². The molecule has 2 rings (SSSR count). The number of anilines is 1. The molecule has 0 aliphatic rings. The van der Waals surface area contributed by atoms with E-state index in [-0.39, 0.29) is 12.2 Å². The van der Waals surface area contributed by atoms with Gasteiger partial charge in [0.05, 0.1) is 0 Å². The molecule has 0 bridgehead atoms. The summed E-state index contributed by atoms with van der Waals surface area (Å²) in [5.41, 5.74) is 2.49. The summed E-state index contributed by atoms with van der Waals surface area (Å²) >= 11 is 0. The fourth-order valence-electron chi connectivity index (χ4n) is 2.24. The predicted octanol–water partition coefficient (Wildman–Crippen LogP) is 3.81. The van der Waals surface area contributed by atoms with Gasteiger partial charge in [-0.1, -0.05) is 43.2 Å². The summed E-state index contributed by atoms with van der Waals surface area (Å²) in [6.07, 6.45) is 7.47. The number of benzene rings is 2. The number of nitrogens with zero attached hydrogens (tertiary/aromatic N) is 1. The van der Waals surface area contributed by atoms with E-state index in [4.69, 9.17) is 11.2 Å². The molecule has 2 aromatic rings. The molecule has 4 nitrogen and oxygen atoms in total. The number of terminal acetylenes is 1. The summed E-state index contributed by atoms with van der Waals surface area (Å²) in [5, 5.41) is 12.1. The normalized spacial score (nSPS) is 10.4. The zero-order valence-corrected chi connectivity index (χ0v) is 14.0. The van der Waals surface area contributed by atoms with Crippen LogP contribution in [-0.4, -0.2) is 12.5 Å². The second-order valence-corrected chi connectivity index (χ2v) is 5.20. The highest BCUT2D eigenvalue weighted by Gasteiger charge is 2.11. The van der Waals surface area contributed by atoms with Crippen LogP contribution in [0.5, 0.6) is 5.75 Å². The molecule has 0 saturated carbocycles. The van der Waals surface area contributed by atoms with Crippen molar-refractivity contribution < 1.29 is 9.53 Å². The van der Waals surface area contributed by atoms with Crippen molar-refractivity contribution in [2.75, 3.05) is 11.9 Å². The number of amides is 1. The van der Waals surface area contributed by atoms with Crippen molar-refractivity contribution in [3.63, 3.8) is 0 Å². The van der Waals surface area contributed by atoms with Crippen LogP contribution in [-0.2, 0) is 11.2 Å². The summed E-state index contributed by atoms with van der Waals surface area (Å²) in [7, 11) is 0. The molecule has 0 fully saturated rings. The van der Waals surface area contributed by atoms with Crippen molar-refractivity contribution >= 4 is 17.7 Å². The Morgan fingerprint density at radius 2 is 1.96 bits per heavy atom. The first-order valence-electron chi connectivity index (χ1n) is 7.85. The van der Waals surface area contributed by atoms with Gasteiger partial charge in [0.2, 0.25) is 0 Å². The topological polar surface area (TPSA) is 62.1 Å². The van der Waals surface area contributed by atoms with Crippen molar-refractivity contribution in [1.29, 1.82) is 5.26 Å². The number of hydrogen-bond acceptors (Lipinski definition) is 3. The molecule has 2 aromatic carbocycles. The van der Waals surface area contributed by atoms with Gasteiger partial charge < -0.3 is 10.1 Å². The number of carbonyl (C=O) groups is 1. The van der Waals surface area contributed by atoms with Crippen LogP contribution >= 0.6 is 0 Å². The molecule has 0 radical (unpaired) electrons. The second-order valence-electron chi connectivity index (χ2n) is 5.20. The summed E-state index contributed by atoms with van der Waals surface area (Å²) in [5.74, 6) is 2.59. The molecule has 0 saturated heterocycles. The van der Waals surface area contributed by atoms with Gasteiger partial charge in [-0.2, -0.15) is 5.26 Å². The molecule has 4 heteroatoms. The number of hydrogen-bond donors (Lipinski definition) is 1. The van der Waals surface area contributed by atoms with Crippen molar-refractivity contribution in [3.05, 3.63) is 65.2 Å². The maximum atomic E-state index is 12.4. The van der Waals surface area contributed by atoms with Crippen molar-refractivity contribution in [1.82, 2.24) is 0 Å². The smallest absolute Gasteiger partial charge is 0.266 e. The fraction of sp³-hybridized carbons (Fsp3) is 0.143. The van der Waals surface area contributed by atoms with Crippen molar-refractivity contribution in [2.45, 2.75) is 13.3 Å². The Kier molecular flexibility index (Phi) is 6.39. The Hall–Kier alpha value is -3.50. The van der Waals surface area contributed by atoms with Crippen LogP contribution in [0, 0.1) is 23.7 Å². The third kappa shape index (κ3) is 4.99. The molecular weight excluding hydrogens is 312 g/mol. The summed E-state index contributed by atoms with van der Waals surface area (Å²) in [4.78, 5) is 12.4. The van der Waals surface area contributed by atoms with Crippen LogP contribution in [0.15, 0.2) is 54.1 Å². The first-order chi connectivity index (χ1) is 12.2. The number of rotatable bonds is 6. The molecule has 1 amide bonds. The Labute approximate surface area is 147 Å². The Morgan fingerprint density at radius 3 is 2.60 bits per heavy atom. The fourth-order valence-corrected chi connectivity index (χ4v) is 2.24. The van der Waals surface area contributed by atoms with Crippen LogP contribution in [0.1, 0.15) is 18.1 Å². The van der Waals surface area contributed by atoms with Crippen LogP contribution in [0.4, 0.5) is 5.69 Å². The van der Waals surface area contributed by atoms with Gasteiger partial charge in [0.1, 0.15) is 24.0 Å². The third-order valence-electron chi connectivity index (χ3n) is 3.52. The van der Waals surface area contributed by atoms with E-state index in [2.05, 4.69) is 11.2 Å². The van der Waals surface area contributed by atoms with Gasteiger partial charge in [-0.05, 0) is 41.8 Å². The van der Waals surface area contributed by atoms with Gasteiger partial charge in [-0.15, -0.1) is 6.42 Å². The maximum Gasteiger partial charge on any atom is 0.266 e. The molecule has 124 valence electrons. The van der Waals surface area contributed by atoms with Crippen LogP contribution in [0.2, 0.25) is 0 Å². The van der Waals surface area contributed by atoms with E-state index in [0.717, 1.165) is 17.5 Å². The Bertz CT molecular complexity index is 853. The molecule has 0 aliphatic carbocycles. The molecular formula is C21H18N2O2. The lowest BCUT2D eigenvalue weighted by atomic mass is 10.1. The quantitative estimate of drug-likeness (QED) is 0.498. The van der Waals surface area contributed by atoms with Gasteiger partial charge in [-0.3, -0.25) is 4.79 Å². The number of ether oxygens (including phenoxy) is 1. The minimum Gasteiger partial charge on any atom is -0.481 e. The lowest BCUT2D eigenvalue weighted by Gasteiger charge is -2.09. The standard InChI is InChI=1S/C21H18N2O2/c1-3-13-25-19-11-9-16(10-12-19)14-18(15-22)21(24)23-20-8-6-5-7-17(20)4-2/h1,5-12,14H,4,13H2,2H3,(H,23,24)/b18-14+. The Morgan fingerprint density at radius 1 is 1.24 bits per heavy atom. The summed E-state index contributed by atoms with van der Waals surface area (Å²) in [6.45, 7) is 2.20. The van der Waals surface area contributed by atoms with Gasteiger partial charge in [-0.25, -0.2) is 0 Å². The third-order valence-corrected chi connectivity index (χ3v) is 3.52. The molecule has 0 aliphatic heterocycles. The lowest BCUT2D eigenvalue weighted by molar-refractivity contribution is -0.112. The molecule has 1 N–H and O–H groups in total. The number of aryl methyl sites for hydroxylation is 1. The molecule has 0 unspecified atom stereocenters. The zero-order valence-electron chi connectivity index (χ0n) is 14.0. The Balaban J connectivity index is 2.15. The van der Waals surface area contributed by atoms with Gasteiger partial charge in [0.25, 0.3) is 5.91 Å². The lowest BCUT2D eigenvalue weighted by Crippen LogP contribution is -2.14. The highest BCUT2D eigenvalue weighted by molar-refractivity contribution is 6.09. The van der Waals surface area contributed by atoms with Gasteiger partial charge in [0, 0.05) is 5.69 Å². The van der Waals surface area contributed by atoms with E-state index in [1.54, 1.807) is 24.3 Å². The molecule has 0 aromatic heterocycles. The molecule has 25 heavy (non-hydrogen) atoms. The maximum absolute atomic E-state index is 12.4. The van der Waals surface area contributed by atoms with Crippen molar-refractivity contribution in [2.24, 2.45) is 0 Å². The molecule has 0 spiro atoms. The van der Waals surface area contributed by atoms with E-state index >= 15 is 0 Å². The number of para-hydroxylation sites is 1. The number of nitriles is 1. The van der Waals surface area contributed by atoms with Crippen LogP contribution < -0.4 is 10.1 Å². The largest absolute Gasteiger partial charge is 0.481 e. The second kappa shape index (κ2) is 8.96. The monoisotopic (exact) mass is 330 g/mol. The van der Waals surface area contributed by atoms with Crippen LogP contribution in [0.3, 0.4) is 0 Å². The minimum atomic E-state index is -0.434. The van der Waals surface area contributed by atoms with Crippen molar-refractivity contribution in [3.8, 4) is 24.2 Å². The van der Waals surface area contributed by atoms with E-state index in [1.165, 1.54) is 6.08 Å². The van der Waals surface area contributed by atoms with Gasteiger partial charge in [0.15, 0.2) is 0 Å². The highest BCUT2D eigenvalue weighted by atomic mass is 16.5. The minimum absolute atomic E-state index is 0.0307. The highest BCUT2D eigenvalue weighted by Crippen LogP contribution is 2.18. The molecule has 0 heterocycles. The number of nitrogens with one attached hydrogen (secondary N) is 1. The summed E-state index contributed by atoms with van der Waals surface area (Å²) < 4.78 is 5.29. The van der Waals surface area contributed by atoms with Crippen LogP contribution in [0.25, 0.3) is 6.08 Å². The first kappa shape index (κ1) is 17.8. The SMILES string of the molecule is C#CCOc1ccc(/C=C(\C#N)C(=O)Nc2ccccc2CC)cc1. The first-order valence-corrected chi connectivity index (χ1v) is 7.85. The zero-order chi connectivity index (χ0) is 18.1. The predicted molar refractivity (Wildman–Crippen MR) is 98.8 cm³/mol. The van der Waals surface area contributed by atoms with E-state index in [0.29, 0.717) is 11.4 Å².